The first kappa shape index (κ1) is 10.1. The van der Waals surface area contributed by atoms with E-state index in [2.05, 4.69) is 0 Å². The predicted molar refractivity (Wildman–Crippen MR) is 46.9 cm³/mol. The number of carboxylic acid groups (broad SMARTS) is 1. The molecular weight excluding hydrogens is 202 g/mol. The molecule has 3 atom stereocenters. The second-order valence-electron chi connectivity index (χ2n) is 3.84. The fraction of sp³-hybridized carbons (Fsp3) is 0.667. The number of nitrogens with zero attached hydrogens (tertiary/aromatic N) is 1. The Morgan fingerprint density at radius 3 is 2.67 bits per heavy atom. The normalized spacial score (nSPS) is 33.9. The standard InChI is InChI=1S/C9H11NO5/c11-2-1-4-5-3-6(12)7(9(14)15)10(5)8(4)13/h4-5,7,11H,1-3H2,(H,14,15)/t4-,5+,7+/m0/s1. The first-order valence-electron chi connectivity index (χ1n) is 4.76. The van der Waals surface area contributed by atoms with E-state index >= 15 is 0 Å². The van der Waals surface area contributed by atoms with E-state index in [1.807, 2.05) is 0 Å². The predicted octanol–water partition coefficient (Wildman–Crippen LogP) is -1.38. The van der Waals surface area contributed by atoms with E-state index in [0.717, 1.165) is 4.90 Å². The van der Waals surface area contributed by atoms with Gasteiger partial charge in [-0.2, -0.15) is 0 Å². The van der Waals surface area contributed by atoms with Crippen molar-refractivity contribution in [2.24, 2.45) is 5.92 Å². The molecule has 0 unspecified atom stereocenters. The lowest BCUT2D eigenvalue weighted by atomic mass is 9.85. The average Bonchev–Trinajstić information content (AvgIpc) is 2.49. The molecule has 82 valence electrons. The van der Waals surface area contributed by atoms with Gasteiger partial charge in [0, 0.05) is 13.0 Å². The second kappa shape index (κ2) is 3.30. The van der Waals surface area contributed by atoms with Crippen LogP contribution in [0.25, 0.3) is 0 Å². The maximum Gasteiger partial charge on any atom is 0.334 e. The lowest BCUT2D eigenvalue weighted by Crippen LogP contribution is -2.62. The smallest absolute Gasteiger partial charge is 0.334 e. The Labute approximate surface area is 85.5 Å². The van der Waals surface area contributed by atoms with Crippen molar-refractivity contribution in [1.82, 2.24) is 4.90 Å². The number of aliphatic hydroxyl groups is 1. The van der Waals surface area contributed by atoms with Gasteiger partial charge in [-0.05, 0) is 6.42 Å². The van der Waals surface area contributed by atoms with Crippen molar-refractivity contribution in [1.29, 1.82) is 0 Å². The highest BCUT2D eigenvalue weighted by Crippen LogP contribution is 2.39. The summed E-state index contributed by atoms with van der Waals surface area (Å²) < 4.78 is 0. The summed E-state index contributed by atoms with van der Waals surface area (Å²) in [6.07, 6.45) is 0.410. The van der Waals surface area contributed by atoms with Gasteiger partial charge in [0.25, 0.3) is 0 Å². The zero-order valence-corrected chi connectivity index (χ0v) is 7.92. The molecule has 0 bridgehead atoms. The summed E-state index contributed by atoms with van der Waals surface area (Å²) in [5, 5.41) is 17.5. The van der Waals surface area contributed by atoms with Crippen molar-refractivity contribution in [2.45, 2.75) is 24.9 Å². The van der Waals surface area contributed by atoms with Gasteiger partial charge in [0.15, 0.2) is 11.8 Å². The monoisotopic (exact) mass is 213 g/mol. The Morgan fingerprint density at radius 1 is 1.47 bits per heavy atom. The number of β-lactam (4-membered cyclic amide) rings is 1. The quantitative estimate of drug-likeness (QED) is 0.445. The molecule has 0 saturated carbocycles. The van der Waals surface area contributed by atoms with Crippen LogP contribution in [0.3, 0.4) is 0 Å². The van der Waals surface area contributed by atoms with Gasteiger partial charge < -0.3 is 15.1 Å². The molecule has 0 radical (unpaired) electrons. The van der Waals surface area contributed by atoms with Crippen LogP contribution in [0.2, 0.25) is 0 Å². The molecule has 1 amide bonds. The highest BCUT2D eigenvalue weighted by atomic mass is 16.4. The molecule has 2 aliphatic heterocycles. The number of carbonyl (C=O) groups is 3. The van der Waals surface area contributed by atoms with Gasteiger partial charge in [-0.1, -0.05) is 0 Å². The molecule has 0 aromatic carbocycles. The summed E-state index contributed by atoms with van der Waals surface area (Å²) in [5.41, 5.74) is 0. The van der Waals surface area contributed by atoms with Gasteiger partial charge >= 0.3 is 5.97 Å². The van der Waals surface area contributed by atoms with Gasteiger partial charge in [-0.3, -0.25) is 9.59 Å². The van der Waals surface area contributed by atoms with Crippen LogP contribution >= 0.6 is 0 Å². The molecule has 0 spiro atoms. The Hall–Kier alpha value is -1.43. The Bertz CT molecular complexity index is 339. The Balaban J connectivity index is 2.16. The van der Waals surface area contributed by atoms with Crippen LogP contribution < -0.4 is 0 Å². The molecular formula is C9H11NO5. The minimum absolute atomic E-state index is 0.105. The van der Waals surface area contributed by atoms with Crippen molar-refractivity contribution in [3.8, 4) is 0 Å². The number of hydrogen-bond acceptors (Lipinski definition) is 4. The molecule has 0 aliphatic carbocycles. The minimum Gasteiger partial charge on any atom is -0.479 e. The van der Waals surface area contributed by atoms with Crippen LogP contribution in [0.15, 0.2) is 0 Å². The van der Waals surface area contributed by atoms with Crippen molar-refractivity contribution >= 4 is 17.7 Å². The Kier molecular flexibility index (Phi) is 2.22. The lowest BCUT2D eigenvalue weighted by molar-refractivity contribution is -0.165. The number of aliphatic hydroxyl groups excluding tert-OH is 1. The summed E-state index contributed by atoms with van der Waals surface area (Å²) in [4.78, 5) is 34.7. The number of fused-ring (bicyclic) bond motifs is 1. The first-order valence-corrected chi connectivity index (χ1v) is 4.76. The van der Waals surface area contributed by atoms with Crippen molar-refractivity contribution in [3.63, 3.8) is 0 Å². The van der Waals surface area contributed by atoms with E-state index in [-0.39, 0.29) is 30.9 Å². The highest BCUT2D eigenvalue weighted by molar-refractivity contribution is 6.10. The second-order valence-corrected chi connectivity index (χ2v) is 3.84. The third-order valence-corrected chi connectivity index (χ3v) is 3.06. The van der Waals surface area contributed by atoms with Gasteiger partial charge in [-0.25, -0.2) is 4.79 Å². The van der Waals surface area contributed by atoms with Crippen LogP contribution in [0.5, 0.6) is 0 Å². The number of rotatable bonds is 3. The van der Waals surface area contributed by atoms with Crippen molar-refractivity contribution in [2.75, 3.05) is 6.61 Å². The number of amides is 1. The summed E-state index contributed by atoms with van der Waals surface area (Å²) in [6.45, 7) is -0.118. The van der Waals surface area contributed by atoms with E-state index in [1.54, 1.807) is 0 Å². The number of ketones is 1. The molecule has 2 heterocycles. The average molecular weight is 213 g/mol. The largest absolute Gasteiger partial charge is 0.479 e. The summed E-state index contributed by atoms with van der Waals surface area (Å²) in [6, 6.07) is -1.60. The van der Waals surface area contributed by atoms with E-state index in [9.17, 15) is 14.4 Å². The summed E-state index contributed by atoms with van der Waals surface area (Å²) >= 11 is 0. The number of aliphatic carboxylic acids is 1. The molecule has 2 fully saturated rings. The molecule has 2 N–H and O–H groups in total. The summed E-state index contributed by atoms with van der Waals surface area (Å²) in [7, 11) is 0. The molecule has 6 nitrogen and oxygen atoms in total. The Morgan fingerprint density at radius 2 is 2.13 bits per heavy atom. The molecule has 2 aliphatic rings. The van der Waals surface area contributed by atoms with E-state index in [1.165, 1.54) is 0 Å². The fourth-order valence-corrected chi connectivity index (χ4v) is 2.38. The number of carbonyl (C=O) groups excluding carboxylic acids is 2. The van der Waals surface area contributed by atoms with Gasteiger partial charge in [-0.15, -0.1) is 0 Å². The van der Waals surface area contributed by atoms with E-state index in [4.69, 9.17) is 10.2 Å². The minimum atomic E-state index is -1.29. The number of carboxylic acids is 1. The molecule has 6 heteroatoms. The van der Waals surface area contributed by atoms with Crippen LogP contribution in [-0.4, -0.2) is 51.5 Å². The number of Topliss-reactive ketones (excluding diaryl/α,β-unsaturated/α-hetero) is 1. The fourth-order valence-electron chi connectivity index (χ4n) is 2.38. The molecule has 0 aromatic heterocycles. The molecule has 2 rings (SSSR count). The maximum atomic E-state index is 11.5. The zero-order chi connectivity index (χ0) is 11.2. The highest BCUT2D eigenvalue weighted by Gasteiger charge is 2.59. The molecule has 2 saturated heterocycles. The lowest BCUT2D eigenvalue weighted by Gasteiger charge is -2.43. The van der Waals surface area contributed by atoms with Gasteiger partial charge in [0.1, 0.15) is 0 Å². The topological polar surface area (TPSA) is 94.9 Å². The van der Waals surface area contributed by atoms with E-state index < -0.39 is 17.8 Å². The zero-order valence-electron chi connectivity index (χ0n) is 7.92. The van der Waals surface area contributed by atoms with Gasteiger partial charge in [0.05, 0.1) is 12.0 Å². The van der Waals surface area contributed by atoms with Crippen LogP contribution in [0.4, 0.5) is 0 Å². The summed E-state index contributed by atoms with van der Waals surface area (Å²) in [5.74, 6) is -2.38. The van der Waals surface area contributed by atoms with Crippen LogP contribution in [0, 0.1) is 5.92 Å². The third-order valence-electron chi connectivity index (χ3n) is 3.06. The maximum absolute atomic E-state index is 11.5. The third kappa shape index (κ3) is 1.25. The van der Waals surface area contributed by atoms with Crippen LogP contribution in [0.1, 0.15) is 12.8 Å². The van der Waals surface area contributed by atoms with Gasteiger partial charge in [0.2, 0.25) is 5.91 Å². The SMILES string of the molecule is O=C(O)[C@H]1C(=O)C[C@@H]2[C@H](CCO)C(=O)N12. The van der Waals surface area contributed by atoms with Crippen molar-refractivity contribution < 1.29 is 24.6 Å². The van der Waals surface area contributed by atoms with E-state index in [0.29, 0.717) is 6.42 Å². The number of hydrogen-bond donors (Lipinski definition) is 2. The molecule has 0 aromatic rings. The van der Waals surface area contributed by atoms with Crippen LogP contribution in [-0.2, 0) is 14.4 Å². The molecule has 15 heavy (non-hydrogen) atoms. The first-order chi connectivity index (χ1) is 7.07. The van der Waals surface area contributed by atoms with Crippen molar-refractivity contribution in [3.05, 3.63) is 0 Å².